The fourth-order valence-electron chi connectivity index (χ4n) is 2.10. The van der Waals surface area contributed by atoms with Crippen molar-refractivity contribution in [3.63, 3.8) is 0 Å². The van der Waals surface area contributed by atoms with Crippen molar-refractivity contribution in [1.82, 2.24) is 34.6 Å². The number of hydrazine groups is 3. The molecular formula is C10H8I6N10O6. The van der Waals surface area contributed by atoms with E-state index in [0.717, 1.165) is 7.14 Å². The van der Waals surface area contributed by atoms with E-state index in [4.69, 9.17) is 0 Å². The van der Waals surface area contributed by atoms with Crippen LogP contribution in [0, 0.1) is 52.3 Å². The molecule has 0 radical (unpaired) electrons. The van der Waals surface area contributed by atoms with Gasteiger partial charge < -0.3 is 0 Å². The van der Waals surface area contributed by atoms with E-state index in [2.05, 4.69) is 10.2 Å². The van der Waals surface area contributed by atoms with E-state index in [-0.39, 0.29) is 13.3 Å². The second kappa shape index (κ2) is 12.4. The molecule has 0 aliphatic carbocycles. The highest BCUT2D eigenvalue weighted by atomic mass is 127. The molecule has 0 N–H and O–H groups in total. The molecule has 0 saturated heterocycles. The normalized spacial score (nSPS) is 10.8. The molecule has 0 aliphatic rings. The van der Waals surface area contributed by atoms with E-state index in [1.165, 1.54) is 9.36 Å². The second-order valence-corrected chi connectivity index (χ2v) is 11.8. The molecule has 22 heteroatoms. The average Bonchev–Trinajstić information content (AvgIpc) is 3.09. The first-order valence-corrected chi connectivity index (χ1v) is 14.1. The van der Waals surface area contributed by atoms with E-state index >= 15 is 0 Å². The van der Waals surface area contributed by atoms with Crippen LogP contribution in [0.1, 0.15) is 0 Å². The van der Waals surface area contributed by atoms with Crippen LogP contribution in [0.5, 0.6) is 0 Å². The third-order valence-electron chi connectivity index (χ3n) is 3.53. The second-order valence-electron chi connectivity index (χ2n) is 5.59. The van der Waals surface area contributed by atoms with Crippen molar-refractivity contribution in [2.45, 2.75) is 13.3 Å². The van der Waals surface area contributed by atoms with Crippen LogP contribution in [0.2, 0.25) is 0 Å². The zero-order valence-corrected chi connectivity index (χ0v) is 28.0. The van der Waals surface area contributed by atoms with Gasteiger partial charge in [0.15, 0.2) is 28.4 Å². The van der Waals surface area contributed by atoms with Gasteiger partial charge in [-0.3, -0.25) is 0 Å². The number of nitrogens with zero attached hydrogens (tertiary/aromatic N) is 10. The van der Waals surface area contributed by atoms with Crippen molar-refractivity contribution in [3.8, 4) is 0 Å². The Morgan fingerprint density at radius 3 is 1.19 bits per heavy atom. The Bertz CT molecular complexity index is 972. The lowest BCUT2D eigenvalue weighted by molar-refractivity contribution is -0.741. The number of rotatable bonds is 11. The average molecular weight is 1130 g/mol. The highest BCUT2D eigenvalue weighted by molar-refractivity contribution is 14.1. The van der Waals surface area contributed by atoms with E-state index in [0.29, 0.717) is 29.8 Å². The monoisotopic (exact) mass is 1130 g/mol. The van der Waals surface area contributed by atoms with E-state index < -0.39 is 28.4 Å². The first kappa shape index (κ1) is 28.6. The van der Waals surface area contributed by atoms with Crippen molar-refractivity contribution in [3.05, 3.63) is 52.3 Å². The summed E-state index contributed by atoms with van der Waals surface area (Å²) in [5.74, 6) is 0. The molecule has 0 spiro atoms. The molecule has 0 atom stereocenters. The zero-order chi connectivity index (χ0) is 24.3. The Hall–Kier alpha value is 0.400. The lowest BCUT2D eigenvalue weighted by Crippen LogP contribution is -2.50. The molecule has 32 heavy (non-hydrogen) atoms. The highest BCUT2D eigenvalue weighted by Crippen LogP contribution is 2.22. The maximum atomic E-state index is 11.6. The third-order valence-corrected chi connectivity index (χ3v) is 13.4. The Balaban J connectivity index is 2.22. The summed E-state index contributed by atoms with van der Waals surface area (Å²) in [6.45, 7) is -2.42. The lowest BCUT2D eigenvalue weighted by Gasteiger charge is -2.22. The summed E-state index contributed by atoms with van der Waals surface area (Å²) in [5, 5.41) is 41.9. The van der Waals surface area contributed by atoms with Gasteiger partial charge in [-0.25, -0.2) is 39.7 Å². The maximum Gasteiger partial charge on any atom is 0.212 e. The highest BCUT2D eigenvalue weighted by Gasteiger charge is 2.32. The summed E-state index contributed by atoms with van der Waals surface area (Å²) < 4.78 is 6.72. The fourth-order valence-corrected chi connectivity index (χ4v) is 5.97. The summed E-state index contributed by atoms with van der Waals surface area (Å²) in [6.07, 6.45) is 0. The van der Waals surface area contributed by atoms with Gasteiger partial charge in [-0.05, 0) is 136 Å². The summed E-state index contributed by atoms with van der Waals surface area (Å²) in [6, 6.07) is 0. The van der Waals surface area contributed by atoms with Crippen LogP contribution < -0.4 is 0 Å². The number of hydrogen-bond donors (Lipinski definition) is 0. The van der Waals surface area contributed by atoms with Gasteiger partial charge in [0, 0.05) is 0 Å². The first-order valence-electron chi connectivity index (χ1n) is 7.65. The third kappa shape index (κ3) is 7.20. The Morgan fingerprint density at radius 1 is 0.656 bits per heavy atom. The molecule has 2 aromatic heterocycles. The Kier molecular flexibility index (Phi) is 11.1. The number of aromatic nitrogens is 4. The van der Waals surface area contributed by atoms with Gasteiger partial charge in [0.2, 0.25) is 13.3 Å². The smallest absolute Gasteiger partial charge is 0.212 e. The minimum absolute atomic E-state index is 0.379. The van der Waals surface area contributed by atoms with Gasteiger partial charge in [0.25, 0.3) is 0 Å². The van der Waals surface area contributed by atoms with Crippen LogP contribution in [0.15, 0.2) is 0 Å². The summed E-state index contributed by atoms with van der Waals surface area (Å²) in [7, 11) is 0. The standard InChI is InChI=1S/C10H8I6N10O6/c11-5-7(13)17-22(9(5)15)3-20(25(29)30)1-19(24(27)28)2-21(26(31)32)4-23-10(16)6(12)8(14)18-23/h1-4H2. The van der Waals surface area contributed by atoms with Gasteiger partial charge in [-0.15, -0.1) is 0 Å². The summed E-state index contributed by atoms with van der Waals surface area (Å²) in [4.78, 5) is 34.6. The molecule has 0 unspecified atom stereocenters. The molecule has 0 aromatic carbocycles. The fraction of sp³-hybridized carbons (Fsp3) is 0.400. The molecule has 16 nitrogen and oxygen atoms in total. The van der Waals surface area contributed by atoms with Gasteiger partial charge in [0.1, 0.15) is 14.8 Å². The minimum Gasteiger partial charge on any atom is -0.235 e. The molecular weight excluding hydrogens is 1120 g/mol. The Labute approximate surface area is 260 Å². The van der Waals surface area contributed by atoms with Gasteiger partial charge in [0.05, 0.1) is 7.14 Å². The van der Waals surface area contributed by atoms with Gasteiger partial charge in [-0.1, -0.05) is 15.0 Å². The SMILES string of the molecule is O=[N+]([O-])N(CN(Cn1nc(I)c(I)c1I)[N+](=O)[O-])CN(Cn1nc(I)c(I)c1I)[N+](=O)[O-]. The molecule has 0 amide bonds. The van der Waals surface area contributed by atoms with Crippen LogP contribution in [0.25, 0.3) is 0 Å². The molecule has 0 fully saturated rings. The van der Waals surface area contributed by atoms with Crippen molar-refractivity contribution >= 4 is 136 Å². The number of nitro groups is 3. The number of halogens is 6. The van der Waals surface area contributed by atoms with E-state index in [9.17, 15) is 30.3 Å². The van der Waals surface area contributed by atoms with Crippen molar-refractivity contribution < 1.29 is 15.1 Å². The van der Waals surface area contributed by atoms with E-state index in [1.807, 2.05) is 136 Å². The zero-order valence-electron chi connectivity index (χ0n) is 15.0. The quantitative estimate of drug-likeness (QED) is 0.140. The van der Waals surface area contributed by atoms with Crippen LogP contribution in [-0.4, -0.2) is 63.0 Å². The largest absolute Gasteiger partial charge is 0.235 e. The van der Waals surface area contributed by atoms with Gasteiger partial charge in [-0.2, -0.15) is 10.2 Å². The van der Waals surface area contributed by atoms with Gasteiger partial charge >= 0.3 is 0 Å². The molecule has 2 aromatic rings. The van der Waals surface area contributed by atoms with Crippen molar-refractivity contribution in [2.24, 2.45) is 0 Å². The number of hydrogen-bond acceptors (Lipinski definition) is 8. The molecule has 2 heterocycles. The van der Waals surface area contributed by atoms with Crippen LogP contribution in [-0.2, 0) is 13.3 Å². The van der Waals surface area contributed by atoms with Crippen molar-refractivity contribution in [2.75, 3.05) is 13.3 Å². The lowest BCUT2D eigenvalue weighted by atomic mass is 10.7. The van der Waals surface area contributed by atoms with Crippen LogP contribution in [0.3, 0.4) is 0 Å². The molecule has 2 rings (SSSR count). The summed E-state index contributed by atoms with van der Waals surface area (Å²) in [5.41, 5.74) is 0. The van der Waals surface area contributed by atoms with Crippen LogP contribution >= 0.6 is 136 Å². The molecule has 0 saturated carbocycles. The topological polar surface area (TPSA) is 175 Å². The van der Waals surface area contributed by atoms with Crippen molar-refractivity contribution in [1.29, 1.82) is 0 Å². The maximum absolute atomic E-state index is 11.6. The minimum atomic E-state index is -0.920. The Morgan fingerprint density at radius 2 is 0.969 bits per heavy atom. The predicted molar refractivity (Wildman–Crippen MR) is 157 cm³/mol. The summed E-state index contributed by atoms with van der Waals surface area (Å²) >= 11 is 11.9. The predicted octanol–water partition coefficient (Wildman–Crippen LogP) is 2.72. The van der Waals surface area contributed by atoms with Crippen LogP contribution in [0.4, 0.5) is 0 Å². The molecule has 0 bridgehead atoms. The molecule has 176 valence electrons. The molecule has 0 aliphatic heterocycles. The van der Waals surface area contributed by atoms with E-state index in [1.54, 1.807) is 0 Å². The first-order chi connectivity index (χ1) is 14.8.